The highest BCUT2D eigenvalue weighted by molar-refractivity contribution is 6.45. The Morgan fingerprint density at radius 1 is 1.10 bits per heavy atom. The Bertz CT molecular complexity index is 1170. The number of carboxylic acids is 1. The fraction of sp³-hybridized carbons (Fsp3) is 0.200. The van der Waals surface area contributed by atoms with E-state index in [1.165, 1.54) is 12.1 Å². The Morgan fingerprint density at radius 3 is 2.41 bits per heavy atom. The third kappa shape index (κ3) is 3.26. The average Bonchev–Trinajstić information content (AvgIpc) is 2.99. The molecule has 0 radical (unpaired) electrons. The van der Waals surface area contributed by atoms with Crippen LogP contribution >= 0.6 is 34.8 Å². The topological polar surface area (TPSA) is 80.6 Å². The molecule has 0 atom stereocenters. The summed E-state index contributed by atoms with van der Waals surface area (Å²) in [6, 6.07) is 9.58. The van der Waals surface area contributed by atoms with E-state index in [-0.39, 0.29) is 29.7 Å². The normalized spacial score (nSPS) is 15.2. The number of nitrogens with zero attached hydrogens (tertiary/aromatic N) is 1. The lowest BCUT2D eigenvalue weighted by atomic mass is 9.87. The SMILES string of the molecule is Cn1c(C(=O)NC2(c3ccc(C(=O)O)cc3Cl)COC2)cc2c(Cl)c(Cl)ccc21. The van der Waals surface area contributed by atoms with Gasteiger partial charge in [-0.2, -0.15) is 0 Å². The number of carbonyl (C=O) groups is 2. The van der Waals surface area contributed by atoms with Crippen molar-refractivity contribution in [3.63, 3.8) is 0 Å². The molecule has 1 aliphatic rings. The first-order chi connectivity index (χ1) is 13.7. The smallest absolute Gasteiger partial charge is 0.335 e. The van der Waals surface area contributed by atoms with Gasteiger partial charge < -0.3 is 19.7 Å². The molecule has 0 saturated carbocycles. The minimum atomic E-state index is -1.08. The summed E-state index contributed by atoms with van der Waals surface area (Å²) in [5, 5.41) is 13.8. The van der Waals surface area contributed by atoms with E-state index in [1.807, 2.05) is 0 Å². The van der Waals surface area contributed by atoms with Gasteiger partial charge in [-0.25, -0.2) is 4.79 Å². The zero-order valence-electron chi connectivity index (χ0n) is 15.1. The summed E-state index contributed by atoms with van der Waals surface area (Å²) in [7, 11) is 1.76. The van der Waals surface area contributed by atoms with Crippen molar-refractivity contribution >= 4 is 57.6 Å². The van der Waals surface area contributed by atoms with Crippen molar-refractivity contribution in [3.8, 4) is 0 Å². The molecule has 2 N–H and O–H groups in total. The van der Waals surface area contributed by atoms with Crippen LogP contribution in [0.1, 0.15) is 26.4 Å². The molecule has 0 unspecified atom stereocenters. The van der Waals surface area contributed by atoms with Gasteiger partial charge in [-0.3, -0.25) is 4.79 Å². The van der Waals surface area contributed by atoms with Gasteiger partial charge in [0.15, 0.2) is 0 Å². The van der Waals surface area contributed by atoms with Crippen LogP contribution < -0.4 is 5.32 Å². The lowest BCUT2D eigenvalue weighted by Gasteiger charge is -2.43. The minimum absolute atomic E-state index is 0.0701. The summed E-state index contributed by atoms with van der Waals surface area (Å²) in [5.41, 5.74) is 0.994. The molecule has 2 heterocycles. The molecular formula is C20H15Cl3N2O4. The monoisotopic (exact) mass is 452 g/mol. The third-order valence-electron chi connectivity index (χ3n) is 5.13. The van der Waals surface area contributed by atoms with Crippen LogP contribution in [0.4, 0.5) is 0 Å². The number of halogens is 3. The molecule has 1 fully saturated rings. The van der Waals surface area contributed by atoms with E-state index in [9.17, 15) is 9.59 Å². The predicted octanol–water partition coefficient (Wildman–Crippen LogP) is 4.49. The highest BCUT2D eigenvalue weighted by Crippen LogP contribution is 2.36. The van der Waals surface area contributed by atoms with E-state index in [0.29, 0.717) is 26.7 Å². The number of hydrogen-bond acceptors (Lipinski definition) is 3. The quantitative estimate of drug-likeness (QED) is 0.610. The van der Waals surface area contributed by atoms with Crippen LogP contribution in [0.15, 0.2) is 36.4 Å². The molecule has 3 aromatic rings. The average molecular weight is 454 g/mol. The van der Waals surface area contributed by atoms with Gasteiger partial charge >= 0.3 is 5.97 Å². The van der Waals surface area contributed by atoms with Crippen molar-refractivity contribution < 1.29 is 19.4 Å². The van der Waals surface area contributed by atoms with Gasteiger partial charge in [-0.1, -0.05) is 40.9 Å². The van der Waals surface area contributed by atoms with Crippen LogP contribution in [0.25, 0.3) is 10.9 Å². The van der Waals surface area contributed by atoms with Crippen LogP contribution in [-0.4, -0.2) is 34.8 Å². The van der Waals surface area contributed by atoms with E-state index in [2.05, 4.69) is 5.32 Å². The zero-order chi connectivity index (χ0) is 20.9. The van der Waals surface area contributed by atoms with E-state index in [1.54, 1.807) is 35.9 Å². The van der Waals surface area contributed by atoms with E-state index in [4.69, 9.17) is 44.6 Å². The summed E-state index contributed by atoms with van der Waals surface area (Å²) in [5.74, 6) is -1.41. The molecule has 29 heavy (non-hydrogen) atoms. The number of nitrogens with one attached hydrogen (secondary N) is 1. The lowest BCUT2D eigenvalue weighted by molar-refractivity contribution is -0.0734. The first-order valence-electron chi connectivity index (χ1n) is 8.60. The largest absolute Gasteiger partial charge is 0.478 e. The number of hydrogen-bond donors (Lipinski definition) is 2. The van der Waals surface area contributed by atoms with Crippen molar-refractivity contribution in [2.24, 2.45) is 7.05 Å². The number of amides is 1. The molecule has 1 saturated heterocycles. The Balaban J connectivity index is 1.70. The van der Waals surface area contributed by atoms with Crippen molar-refractivity contribution in [3.05, 3.63) is 68.3 Å². The van der Waals surface area contributed by atoms with E-state index in [0.717, 1.165) is 5.52 Å². The first kappa shape index (κ1) is 20.0. The van der Waals surface area contributed by atoms with Crippen LogP contribution in [-0.2, 0) is 17.3 Å². The van der Waals surface area contributed by atoms with Crippen molar-refractivity contribution in [1.82, 2.24) is 9.88 Å². The number of rotatable bonds is 4. The number of ether oxygens (including phenoxy) is 1. The second-order valence-electron chi connectivity index (χ2n) is 6.91. The summed E-state index contributed by atoms with van der Waals surface area (Å²) < 4.78 is 7.08. The Labute approximate surface area is 180 Å². The van der Waals surface area contributed by atoms with Crippen LogP contribution in [0.2, 0.25) is 15.1 Å². The fourth-order valence-corrected chi connectivity index (χ4v) is 4.23. The molecule has 150 valence electrons. The Kier molecular flexibility index (Phi) is 4.99. The van der Waals surface area contributed by atoms with Gasteiger partial charge in [0.1, 0.15) is 11.2 Å². The maximum atomic E-state index is 13.1. The first-order valence-corrected chi connectivity index (χ1v) is 9.74. The van der Waals surface area contributed by atoms with Gasteiger partial charge in [0, 0.05) is 28.5 Å². The molecule has 0 bridgehead atoms. The fourth-order valence-electron chi connectivity index (χ4n) is 3.49. The standard InChI is InChI=1S/C20H15Cl3N2O4/c1-25-15-5-4-13(21)17(23)11(15)7-16(25)18(26)24-20(8-29-9-20)12-3-2-10(19(27)28)6-14(12)22/h2-7H,8-9H2,1H3,(H,24,26)(H,27,28). The number of benzene rings is 2. The summed E-state index contributed by atoms with van der Waals surface area (Å²) in [4.78, 5) is 24.3. The molecule has 9 heteroatoms. The Morgan fingerprint density at radius 2 is 1.83 bits per heavy atom. The van der Waals surface area contributed by atoms with Crippen LogP contribution in [0.5, 0.6) is 0 Å². The molecule has 1 aliphatic heterocycles. The molecule has 6 nitrogen and oxygen atoms in total. The maximum absolute atomic E-state index is 13.1. The Hall–Kier alpha value is -2.25. The summed E-state index contributed by atoms with van der Waals surface area (Å²) >= 11 is 18.7. The second kappa shape index (κ2) is 7.22. The number of carboxylic acid groups (broad SMARTS) is 1. The molecule has 0 spiro atoms. The van der Waals surface area contributed by atoms with Crippen LogP contribution in [0, 0.1) is 0 Å². The van der Waals surface area contributed by atoms with Gasteiger partial charge in [-0.15, -0.1) is 0 Å². The minimum Gasteiger partial charge on any atom is -0.478 e. The number of aromatic nitrogens is 1. The van der Waals surface area contributed by atoms with Gasteiger partial charge in [0.25, 0.3) is 5.91 Å². The molecule has 1 amide bonds. The molecule has 0 aliphatic carbocycles. The van der Waals surface area contributed by atoms with Gasteiger partial charge in [0.2, 0.25) is 0 Å². The predicted molar refractivity (Wildman–Crippen MR) is 111 cm³/mol. The molecule has 2 aromatic carbocycles. The molecule has 4 rings (SSSR count). The van der Waals surface area contributed by atoms with E-state index >= 15 is 0 Å². The summed E-state index contributed by atoms with van der Waals surface area (Å²) in [6.45, 7) is 0.447. The maximum Gasteiger partial charge on any atom is 0.335 e. The van der Waals surface area contributed by atoms with Crippen molar-refractivity contribution in [2.45, 2.75) is 5.54 Å². The highest BCUT2D eigenvalue weighted by atomic mass is 35.5. The highest BCUT2D eigenvalue weighted by Gasteiger charge is 2.44. The third-order valence-corrected chi connectivity index (χ3v) is 6.26. The number of aromatic carboxylic acids is 1. The molecule has 1 aromatic heterocycles. The number of fused-ring (bicyclic) bond motifs is 1. The van der Waals surface area contributed by atoms with Gasteiger partial charge in [-0.05, 0) is 30.3 Å². The summed E-state index contributed by atoms with van der Waals surface area (Å²) in [6.07, 6.45) is 0. The van der Waals surface area contributed by atoms with E-state index < -0.39 is 11.5 Å². The molecular weight excluding hydrogens is 439 g/mol. The number of aryl methyl sites for hydroxylation is 1. The van der Waals surface area contributed by atoms with Crippen molar-refractivity contribution in [1.29, 1.82) is 0 Å². The van der Waals surface area contributed by atoms with Gasteiger partial charge in [0.05, 0.1) is 28.8 Å². The van der Waals surface area contributed by atoms with Crippen molar-refractivity contribution in [2.75, 3.05) is 13.2 Å². The lowest BCUT2D eigenvalue weighted by Crippen LogP contribution is -2.59. The van der Waals surface area contributed by atoms with Crippen LogP contribution in [0.3, 0.4) is 0 Å². The number of carbonyl (C=O) groups excluding carboxylic acids is 1. The second-order valence-corrected chi connectivity index (χ2v) is 8.10. The zero-order valence-corrected chi connectivity index (χ0v) is 17.4.